The quantitative estimate of drug-likeness (QED) is 0.103. The Bertz CT molecular complexity index is 1670. The van der Waals surface area contributed by atoms with Gasteiger partial charge in [0.1, 0.15) is 0 Å². The van der Waals surface area contributed by atoms with E-state index in [0.717, 1.165) is 35.6 Å². The van der Waals surface area contributed by atoms with Gasteiger partial charge in [-0.2, -0.15) is 6.20 Å². The number of nitrogens with zero attached hydrogens (tertiary/aromatic N) is 4. The number of para-hydroxylation sites is 1. The molecule has 9 heteroatoms. The van der Waals surface area contributed by atoms with Gasteiger partial charge in [-0.25, -0.2) is 0 Å². The Labute approximate surface area is 267 Å². The number of pyridine rings is 2. The van der Waals surface area contributed by atoms with Crippen molar-refractivity contribution < 1.29 is 37.7 Å². The number of hydrogen-bond acceptors (Lipinski definition) is 3. The van der Waals surface area contributed by atoms with Gasteiger partial charge in [0.25, 0.3) is 0 Å². The number of hydrogen-bond donors (Lipinski definition) is 0. The largest absolute Gasteiger partial charge is 3.00 e. The van der Waals surface area contributed by atoms with E-state index >= 15 is 0 Å². The van der Waals surface area contributed by atoms with Crippen molar-refractivity contribution in [2.24, 2.45) is 4.99 Å². The first-order valence-electron chi connectivity index (χ1n) is 13.1. The molecule has 6 aromatic rings. The Morgan fingerprint density at radius 1 is 0.682 bits per heavy atom. The van der Waals surface area contributed by atoms with Gasteiger partial charge in [0.2, 0.25) is 0 Å². The van der Waals surface area contributed by atoms with Crippen LogP contribution in [0.15, 0.2) is 115 Å². The van der Waals surface area contributed by atoms with E-state index in [2.05, 4.69) is 58.1 Å². The first-order chi connectivity index (χ1) is 20.8. The van der Waals surface area contributed by atoms with Crippen LogP contribution < -0.4 is 4.98 Å². The van der Waals surface area contributed by atoms with Crippen molar-refractivity contribution in [3.8, 4) is 22.5 Å². The second-order valence-electron chi connectivity index (χ2n) is 9.07. The maximum atomic E-state index is 13.2. The second kappa shape index (κ2) is 16.8. The maximum absolute atomic E-state index is 13.2. The fourth-order valence-electron chi connectivity index (χ4n) is 3.83. The van der Waals surface area contributed by atoms with Crippen molar-refractivity contribution in [1.29, 1.82) is 0 Å². The fraction of sp³-hybridized carbons (Fsp3) is 0.0571. The summed E-state index contributed by atoms with van der Waals surface area (Å²) in [6.45, 7) is 4.14. The molecule has 0 saturated carbocycles. The third-order valence-electron chi connectivity index (χ3n) is 5.90. The third-order valence-corrected chi connectivity index (χ3v) is 5.90. The standard InChI is InChI=1S/C13H13N2.2C11H6F2N.Ir/c1-10-5-3-6-11(2)13(10)15-9-12-7-4-8-14-12;2*12-8-4-5-9(10(13)7-8)11-3-1-2-6-14-11;/h3-9H,1-2H3;2*1-4,6-7H;/q3*-1;+3. The molecule has 6 rings (SSSR count). The van der Waals surface area contributed by atoms with Crippen LogP contribution in [0.1, 0.15) is 16.8 Å². The molecule has 0 aliphatic heterocycles. The van der Waals surface area contributed by atoms with Crippen molar-refractivity contribution in [3.63, 3.8) is 0 Å². The SMILES string of the molecule is Cc1cccc(C)c1N=Cc1ccc[n-]1.Fc1c[c-]c(-c2ccccn2)c(F)c1.Fc1c[c-]c(-c2ccccn2)c(F)c1.[Ir+3]. The van der Waals surface area contributed by atoms with E-state index in [0.29, 0.717) is 11.4 Å². The van der Waals surface area contributed by atoms with Gasteiger partial charge >= 0.3 is 20.1 Å². The van der Waals surface area contributed by atoms with Crippen molar-refractivity contribution in [1.82, 2.24) is 15.0 Å². The molecule has 4 nitrogen and oxygen atoms in total. The molecule has 3 heterocycles. The topological polar surface area (TPSA) is 52.2 Å². The first kappa shape index (κ1) is 33.8. The van der Waals surface area contributed by atoms with Crippen LogP contribution in [0.25, 0.3) is 22.5 Å². The molecule has 0 unspecified atom stereocenters. The van der Waals surface area contributed by atoms with Gasteiger partial charge in [0, 0.05) is 41.9 Å². The Balaban J connectivity index is 0.000000178. The van der Waals surface area contributed by atoms with Crippen LogP contribution in [0, 0.1) is 49.2 Å². The van der Waals surface area contributed by atoms with Gasteiger partial charge in [-0.05, 0) is 48.5 Å². The van der Waals surface area contributed by atoms with Crippen molar-refractivity contribution in [2.75, 3.05) is 0 Å². The number of aryl methyl sites for hydroxylation is 2. The zero-order valence-electron chi connectivity index (χ0n) is 23.6. The number of benzene rings is 3. The van der Waals surface area contributed by atoms with E-state index in [4.69, 9.17) is 0 Å². The van der Waals surface area contributed by atoms with Gasteiger partial charge in [-0.1, -0.05) is 77.9 Å². The van der Waals surface area contributed by atoms with Gasteiger partial charge in [0.05, 0.1) is 5.69 Å². The maximum Gasteiger partial charge on any atom is 3.00 e. The Hall–Kier alpha value is -4.72. The molecule has 0 bridgehead atoms. The van der Waals surface area contributed by atoms with Crippen LogP contribution in [-0.2, 0) is 20.1 Å². The predicted octanol–water partition coefficient (Wildman–Crippen LogP) is 8.66. The molecule has 0 radical (unpaired) electrons. The van der Waals surface area contributed by atoms with Gasteiger partial charge in [-0.3, -0.25) is 22.6 Å². The summed E-state index contributed by atoms with van der Waals surface area (Å²) < 4.78 is 51.6. The molecule has 0 fully saturated rings. The van der Waals surface area contributed by atoms with Crippen molar-refractivity contribution >= 4 is 11.9 Å². The molecule has 0 spiro atoms. The molecule has 0 saturated heterocycles. The smallest absolute Gasteiger partial charge is 0.663 e. The third kappa shape index (κ3) is 9.66. The number of aliphatic imine (C=N–C) groups is 1. The summed E-state index contributed by atoms with van der Waals surface area (Å²) in [6, 6.07) is 29.1. The summed E-state index contributed by atoms with van der Waals surface area (Å²) >= 11 is 0. The molecule has 44 heavy (non-hydrogen) atoms. The van der Waals surface area contributed by atoms with Crippen LogP contribution in [-0.4, -0.2) is 16.2 Å². The van der Waals surface area contributed by atoms with Gasteiger partial charge < -0.3 is 15.0 Å². The van der Waals surface area contributed by atoms with Crippen LogP contribution >= 0.6 is 0 Å². The molecule has 0 N–H and O–H groups in total. The van der Waals surface area contributed by atoms with Crippen LogP contribution in [0.3, 0.4) is 0 Å². The molecule has 3 aromatic heterocycles. The van der Waals surface area contributed by atoms with E-state index in [1.54, 1.807) is 61.2 Å². The Kier molecular flexibility index (Phi) is 12.9. The fourth-order valence-corrected chi connectivity index (χ4v) is 3.83. The normalized spacial score (nSPS) is 10.2. The summed E-state index contributed by atoms with van der Waals surface area (Å²) in [4.78, 5) is 16.5. The van der Waals surface area contributed by atoms with Crippen molar-refractivity contribution in [3.05, 3.63) is 162 Å². The Morgan fingerprint density at radius 3 is 1.61 bits per heavy atom. The summed E-state index contributed by atoms with van der Waals surface area (Å²) in [6.07, 6.45) is 6.67. The van der Waals surface area contributed by atoms with Gasteiger partial charge in [-0.15, -0.1) is 30.0 Å². The molecule has 0 aliphatic carbocycles. The number of aromatic nitrogens is 3. The Morgan fingerprint density at radius 2 is 1.20 bits per heavy atom. The van der Waals surface area contributed by atoms with E-state index in [9.17, 15) is 17.6 Å². The van der Waals surface area contributed by atoms with Crippen LogP contribution in [0.5, 0.6) is 0 Å². The van der Waals surface area contributed by atoms with Crippen LogP contribution in [0.2, 0.25) is 0 Å². The van der Waals surface area contributed by atoms with Crippen LogP contribution in [0.4, 0.5) is 23.2 Å². The molecule has 0 aliphatic rings. The molecule has 3 aromatic carbocycles. The average molecular weight is 770 g/mol. The summed E-state index contributed by atoms with van der Waals surface area (Å²) in [5, 5.41) is 0. The van der Waals surface area contributed by atoms with E-state index in [1.165, 1.54) is 11.1 Å². The molecular formula is C35H25F4IrN4. The zero-order valence-corrected chi connectivity index (χ0v) is 26.0. The summed E-state index contributed by atoms with van der Waals surface area (Å²) in [7, 11) is 0. The summed E-state index contributed by atoms with van der Waals surface area (Å²) in [5.74, 6) is -2.57. The second-order valence-corrected chi connectivity index (χ2v) is 9.07. The average Bonchev–Trinajstić information content (AvgIpc) is 3.52. The molecular weight excluding hydrogens is 745 g/mol. The van der Waals surface area contributed by atoms with Gasteiger partial charge in [0.15, 0.2) is 0 Å². The van der Waals surface area contributed by atoms with E-state index in [1.807, 2.05) is 18.2 Å². The van der Waals surface area contributed by atoms with E-state index in [-0.39, 0.29) is 31.2 Å². The number of rotatable bonds is 4. The molecule has 0 atom stereocenters. The minimum Gasteiger partial charge on any atom is -0.663 e. The minimum absolute atomic E-state index is 0. The van der Waals surface area contributed by atoms with Crippen molar-refractivity contribution in [2.45, 2.75) is 13.8 Å². The molecule has 0 amide bonds. The van der Waals surface area contributed by atoms with E-state index < -0.39 is 23.3 Å². The predicted molar refractivity (Wildman–Crippen MR) is 160 cm³/mol. The first-order valence-corrected chi connectivity index (χ1v) is 13.1. The zero-order chi connectivity index (χ0) is 30.6. The molecule has 222 valence electrons. The minimum atomic E-state index is -0.649. The monoisotopic (exact) mass is 770 g/mol. The summed E-state index contributed by atoms with van der Waals surface area (Å²) in [5.41, 5.74) is 5.60. The number of halogens is 4.